The predicted octanol–water partition coefficient (Wildman–Crippen LogP) is 3.68. The molecule has 0 aliphatic carbocycles. The maximum Gasteiger partial charge on any atom is 0.102 e. The van der Waals surface area contributed by atoms with Crippen LogP contribution in [0.5, 0.6) is 0 Å². The Labute approximate surface area is 150 Å². The molecule has 2 aliphatic rings. The third-order valence-corrected chi connectivity index (χ3v) is 5.44. The molecule has 0 aromatic heterocycles. The second kappa shape index (κ2) is 7.42. The summed E-state index contributed by atoms with van der Waals surface area (Å²) in [5, 5.41) is 0. The lowest BCUT2D eigenvalue weighted by Gasteiger charge is -2.43. The van der Waals surface area contributed by atoms with Gasteiger partial charge in [-0.1, -0.05) is 48.5 Å². The number of ether oxygens (including phenoxy) is 1. The maximum absolute atomic E-state index is 6.20. The van der Waals surface area contributed by atoms with Crippen LogP contribution in [0.3, 0.4) is 0 Å². The summed E-state index contributed by atoms with van der Waals surface area (Å²) in [5.74, 6) is 0. The molecule has 2 heterocycles. The minimum atomic E-state index is 0.103. The highest BCUT2D eigenvalue weighted by Crippen LogP contribution is 2.33. The molecule has 0 bridgehead atoms. The van der Waals surface area contributed by atoms with E-state index in [1.54, 1.807) is 0 Å². The molecule has 2 atom stereocenters. The monoisotopic (exact) mass is 334 g/mol. The van der Waals surface area contributed by atoms with Gasteiger partial charge in [0.1, 0.15) is 6.10 Å². The number of hydrogen-bond acceptors (Lipinski definition) is 3. The van der Waals surface area contributed by atoms with Gasteiger partial charge in [-0.25, -0.2) is 0 Å². The Hall–Kier alpha value is -2.10. The van der Waals surface area contributed by atoms with Crippen molar-refractivity contribution in [1.82, 2.24) is 4.90 Å². The molecule has 0 N–H and O–H groups in total. The van der Waals surface area contributed by atoms with Crippen molar-refractivity contribution in [1.29, 1.82) is 0 Å². The Morgan fingerprint density at radius 2 is 1.68 bits per heavy atom. The number of anilines is 1. The van der Waals surface area contributed by atoms with Crippen LogP contribution in [0, 0.1) is 0 Å². The second-order valence-electron chi connectivity index (χ2n) is 6.83. The number of piperazine rings is 1. The smallest absolute Gasteiger partial charge is 0.102 e. The van der Waals surface area contributed by atoms with Crippen molar-refractivity contribution < 1.29 is 4.74 Å². The number of para-hydroxylation sites is 1. The van der Waals surface area contributed by atoms with E-state index >= 15 is 0 Å². The van der Waals surface area contributed by atoms with Gasteiger partial charge >= 0.3 is 0 Å². The largest absolute Gasteiger partial charge is 0.371 e. The van der Waals surface area contributed by atoms with Crippen LogP contribution in [-0.2, 0) is 11.2 Å². The number of rotatable bonds is 4. The van der Waals surface area contributed by atoms with Gasteiger partial charge in [0, 0.05) is 31.9 Å². The van der Waals surface area contributed by atoms with E-state index in [1.165, 1.54) is 16.8 Å². The van der Waals surface area contributed by atoms with Gasteiger partial charge in [-0.05, 0) is 29.7 Å². The Morgan fingerprint density at radius 1 is 0.960 bits per heavy atom. The van der Waals surface area contributed by atoms with Crippen molar-refractivity contribution in [2.75, 3.05) is 37.7 Å². The molecule has 0 spiro atoms. The van der Waals surface area contributed by atoms with Crippen molar-refractivity contribution >= 4 is 5.69 Å². The van der Waals surface area contributed by atoms with E-state index < -0.39 is 0 Å². The standard InChI is InChI=1S/C22H26N2O/c1-2-21(22-20-11-7-6-8-18(20)12-17-25-22)24-15-13-23(14-16-24)19-9-4-3-5-10-19/h2-11,21-22H,1,12-17H2. The Balaban J connectivity index is 1.47. The van der Waals surface area contributed by atoms with Gasteiger partial charge in [0.2, 0.25) is 0 Å². The lowest BCUT2D eigenvalue weighted by atomic mass is 9.92. The van der Waals surface area contributed by atoms with Gasteiger partial charge in [0.25, 0.3) is 0 Å². The molecular formula is C22H26N2O. The first kappa shape index (κ1) is 16.4. The van der Waals surface area contributed by atoms with Crippen molar-refractivity contribution in [2.24, 2.45) is 0 Å². The van der Waals surface area contributed by atoms with Crippen molar-refractivity contribution in [3.63, 3.8) is 0 Å². The summed E-state index contributed by atoms with van der Waals surface area (Å²) in [4.78, 5) is 4.99. The summed E-state index contributed by atoms with van der Waals surface area (Å²) >= 11 is 0. The van der Waals surface area contributed by atoms with Crippen LogP contribution in [0.4, 0.5) is 5.69 Å². The van der Waals surface area contributed by atoms with Crippen LogP contribution in [0.15, 0.2) is 67.3 Å². The molecule has 2 unspecified atom stereocenters. The van der Waals surface area contributed by atoms with Gasteiger partial charge < -0.3 is 9.64 Å². The number of nitrogens with zero attached hydrogens (tertiary/aromatic N) is 2. The molecular weight excluding hydrogens is 308 g/mol. The zero-order valence-corrected chi connectivity index (χ0v) is 14.7. The van der Waals surface area contributed by atoms with Crippen molar-refractivity contribution in [3.05, 3.63) is 78.4 Å². The van der Waals surface area contributed by atoms with Crippen LogP contribution in [0.25, 0.3) is 0 Å². The van der Waals surface area contributed by atoms with Gasteiger partial charge in [0.15, 0.2) is 0 Å². The number of fused-ring (bicyclic) bond motifs is 1. The third-order valence-electron chi connectivity index (χ3n) is 5.44. The first-order valence-electron chi connectivity index (χ1n) is 9.23. The molecule has 1 saturated heterocycles. The highest BCUT2D eigenvalue weighted by Gasteiger charge is 2.32. The number of benzene rings is 2. The van der Waals surface area contributed by atoms with Gasteiger partial charge in [-0.2, -0.15) is 0 Å². The van der Waals surface area contributed by atoms with E-state index in [2.05, 4.69) is 77.1 Å². The van der Waals surface area contributed by atoms with E-state index in [9.17, 15) is 0 Å². The van der Waals surface area contributed by atoms with E-state index in [0.29, 0.717) is 0 Å². The van der Waals surface area contributed by atoms with E-state index in [0.717, 1.165) is 39.2 Å². The van der Waals surface area contributed by atoms with Gasteiger partial charge in [-0.15, -0.1) is 6.58 Å². The van der Waals surface area contributed by atoms with E-state index in [4.69, 9.17) is 4.74 Å². The van der Waals surface area contributed by atoms with Gasteiger partial charge in [0.05, 0.1) is 12.6 Å². The van der Waals surface area contributed by atoms with E-state index in [1.807, 2.05) is 0 Å². The molecule has 25 heavy (non-hydrogen) atoms. The summed E-state index contributed by atoms with van der Waals surface area (Å²) in [6.45, 7) is 9.09. The minimum Gasteiger partial charge on any atom is -0.371 e. The quantitative estimate of drug-likeness (QED) is 0.794. The zero-order chi connectivity index (χ0) is 17.1. The first-order chi connectivity index (χ1) is 12.4. The molecule has 0 saturated carbocycles. The molecule has 130 valence electrons. The lowest BCUT2D eigenvalue weighted by Crippen LogP contribution is -2.52. The third kappa shape index (κ3) is 3.35. The highest BCUT2D eigenvalue weighted by molar-refractivity contribution is 5.46. The fraction of sp³-hybridized carbons (Fsp3) is 0.364. The van der Waals surface area contributed by atoms with E-state index in [-0.39, 0.29) is 12.1 Å². The second-order valence-corrected chi connectivity index (χ2v) is 6.83. The Kier molecular flexibility index (Phi) is 4.86. The SMILES string of the molecule is C=CC(C1OCCc2ccccc21)N1CCN(c2ccccc2)CC1. The van der Waals surface area contributed by atoms with Crippen molar-refractivity contribution in [3.8, 4) is 0 Å². The molecule has 0 radical (unpaired) electrons. The molecule has 1 fully saturated rings. The fourth-order valence-corrected chi connectivity index (χ4v) is 4.09. The van der Waals surface area contributed by atoms with Crippen LogP contribution in [-0.4, -0.2) is 43.7 Å². The molecule has 2 aromatic rings. The summed E-state index contributed by atoms with van der Waals surface area (Å²) < 4.78 is 6.20. The van der Waals surface area contributed by atoms with Crippen LogP contribution in [0.2, 0.25) is 0 Å². The molecule has 3 nitrogen and oxygen atoms in total. The molecule has 2 aromatic carbocycles. The topological polar surface area (TPSA) is 15.7 Å². The minimum absolute atomic E-state index is 0.103. The molecule has 2 aliphatic heterocycles. The summed E-state index contributed by atoms with van der Waals surface area (Å²) in [5.41, 5.74) is 4.08. The highest BCUT2D eigenvalue weighted by atomic mass is 16.5. The normalized spacial score (nSPS) is 22.2. The first-order valence-corrected chi connectivity index (χ1v) is 9.23. The summed E-state index contributed by atoms with van der Waals surface area (Å²) in [6, 6.07) is 19.6. The lowest BCUT2D eigenvalue weighted by molar-refractivity contribution is -0.0101. The van der Waals surface area contributed by atoms with Crippen LogP contribution >= 0.6 is 0 Å². The predicted molar refractivity (Wildman–Crippen MR) is 103 cm³/mol. The van der Waals surface area contributed by atoms with Crippen molar-refractivity contribution in [2.45, 2.75) is 18.6 Å². The average molecular weight is 334 g/mol. The fourth-order valence-electron chi connectivity index (χ4n) is 4.09. The van der Waals surface area contributed by atoms with Crippen LogP contribution < -0.4 is 4.90 Å². The van der Waals surface area contributed by atoms with Crippen LogP contribution in [0.1, 0.15) is 17.2 Å². The summed E-state index contributed by atoms with van der Waals surface area (Å²) in [7, 11) is 0. The molecule has 4 rings (SSSR count). The zero-order valence-electron chi connectivity index (χ0n) is 14.7. The maximum atomic E-state index is 6.20. The average Bonchev–Trinajstić information content (AvgIpc) is 2.70. The Morgan fingerprint density at radius 3 is 2.44 bits per heavy atom. The Bertz CT molecular complexity index is 707. The molecule has 3 heteroatoms. The number of hydrogen-bond donors (Lipinski definition) is 0. The summed E-state index contributed by atoms with van der Waals surface area (Å²) in [6.07, 6.45) is 3.19. The molecule has 0 amide bonds. The van der Waals surface area contributed by atoms with Gasteiger partial charge in [-0.3, -0.25) is 4.90 Å².